The summed E-state index contributed by atoms with van der Waals surface area (Å²) in [5.74, 6) is -2.86. The molecule has 43 heavy (non-hydrogen) atoms. The van der Waals surface area contributed by atoms with Crippen molar-refractivity contribution in [1.82, 2.24) is 24.7 Å². The largest absolute Gasteiger partial charge is 0.490 e. The van der Waals surface area contributed by atoms with Crippen LogP contribution in [0.5, 0.6) is 0 Å². The number of ether oxygens (including phenoxy) is 1. The number of nitrogens with zero attached hydrogens (tertiary/aromatic N) is 6. The highest BCUT2D eigenvalue weighted by Crippen LogP contribution is 2.36. The van der Waals surface area contributed by atoms with Crippen LogP contribution < -0.4 is 10.2 Å². The van der Waals surface area contributed by atoms with Crippen molar-refractivity contribution < 1.29 is 45.4 Å². The fraction of sp³-hybridized carbons (Fsp3) is 0.269. The molecule has 1 aliphatic rings. The van der Waals surface area contributed by atoms with Crippen molar-refractivity contribution >= 4 is 23.3 Å². The smallest absolute Gasteiger partial charge is 0.475 e. The quantitative estimate of drug-likeness (QED) is 0.289. The molecular weight excluding hydrogens is 591 g/mol. The highest BCUT2D eigenvalue weighted by atomic mass is 19.4. The number of rotatable bonds is 5. The van der Waals surface area contributed by atoms with E-state index in [0.29, 0.717) is 43.5 Å². The van der Waals surface area contributed by atoms with Crippen molar-refractivity contribution in [3.63, 3.8) is 0 Å². The first-order chi connectivity index (χ1) is 20.2. The van der Waals surface area contributed by atoms with Gasteiger partial charge in [0.15, 0.2) is 11.6 Å². The van der Waals surface area contributed by atoms with Gasteiger partial charge in [-0.2, -0.15) is 26.3 Å². The van der Waals surface area contributed by atoms with Crippen LogP contribution in [0.3, 0.4) is 0 Å². The minimum absolute atomic E-state index is 0.00639. The lowest BCUT2D eigenvalue weighted by atomic mass is 10.0. The van der Waals surface area contributed by atoms with Gasteiger partial charge in [0.05, 0.1) is 25.0 Å². The Bertz CT molecular complexity index is 1570. The molecule has 1 aliphatic heterocycles. The maximum absolute atomic E-state index is 14.8. The Morgan fingerprint density at radius 1 is 1.00 bits per heavy atom. The van der Waals surface area contributed by atoms with Crippen LogP contribution in [0.2, 0.25) is 0 Å². The molecule has 0 amide bonds. The molecule has 2 aromatic carbocycles. The van der Waals surface area contributed by atoms with Gasteiger partial charge in [0.1, 0.15) is 12.0 Å². The number of aliphatic carboxylic acids is 1. The minimum Gasteiger partial charge on any atom is -0.475 e. The summed E-state index contributed by atoms with van der Waals surface area (Å²) in [5.41, 5.74) is 0.663. The molecule has 17 heteroatoms. The normalized spacial score (nSPS) is 13.7. The molecule has 0 unspecified atom stereocenters. The molecule has 0 spiro atoms. The van der Waals surface area contributed by atoms with Gasteiger partial charge in [-0.3, -0.25) is 0 Å². The van der Waals surface area contributed by atoms with E-state index in [-0.39, 0.29) is 17.2 Å². The summed E-state index contributed by atoms with van der Waals surface area (Å²) in [6.07, 6.45) is -7.16. The number of halogens is 7. The molecular formula is C26H22F7N7O3. The van der Waals surface area contributed by atoms with E-state index in [1.165, 1.54) is 6.07 Å². The third-order valence-electron chi connectivity index (χ3n) is 5.99. The van der Waals surface area contributed by atoms with Crippen LogP contribution in [0, 0.1) is 5.82 Å². The zero-order chi connectivity index (χ0) is 31.4. The van der Waals surface area contributed by atoms with Gasteiger partial charge in [-0.25, -0.2) is 19.2 Å². The molecule has 0 saturated carbocycles. The molecule has 1 saturated heterocycles. The Kier molecular flexibility index (Phi) is 9.13. The highest BCUT2D eigenvalue weighted by Gasteiger charge is 2.38. The molecule has 0 radical (unpaired) electrons. The number of morpholine rings is 1. The number of carbonyl (C=O) groups is 1. The summed E-state index contributed by atoms with van der Waals surface area (Å²) >= 11 is 0. The molecule has 4 aromatic rings. The highest BCUT2D eigenvalue weighted by molar-refractivity contribution is 5.73. The van der Waals surface area contributed by atoms with Crippen LogP contribution in [0.25, 0.3) is 22.6 Å². The maximum Gasteiger partial charge on any atom is 0.490 e. The van der Waals surface area contributed by atoms with Crippen LogP contribution in [0.1, 0.15) is 5.56 Å². The SMILES string of the molecule is Cn1cnnc1-c1ccc(Nc2ncc(F)c(-c3cc(N4CCOCC4)cc(C(F)(F)F)c3)n2)cc1.O=C(O)C(F)(F)F. The molecule has 0 bridgehead atoms. The summed E-state index contributed by atoms with van der Waals surface area (Å²) in [6.45, 7) is 1.67. The van der Waals surface area contributed by atoms with Crippen molar-refractivity contribution in [3.8, 4) is 22.6 Å². The number of hydrogen-bond donors (Lipinski definition) is 2. The third-order valence-corrected chi connectivity index (χ3v) is 5.99. The van der Waals surface area contributed by atoms with E-state index in [1.807, 2.05) is 19.2 Å². The van der Waals surface area contributed by atoms with E-state index in [1.54, 1.807) is 27.9 Å². The van der Waals surface area contributed by atoms with Crippen molar-refractivity contribution in [1.29, 1.82) is 0 Å². The lowest BCUT2D eigenvalue weighted by Gasteiger charge is -2.29. The maximum atomic E-state index is 14.8. The van der Waals surface area contributed by atoms with Gasteiger partial charge in [0, 0.05) is 42.6 Å². The van der Waals surface area contributed by atoms with Gasteiger partial charge in [0.2, 0.25) is 5.95 Å². The Morgan fingerprint density at radius 2 is 1.65 bits per heavy atom. The summed E-state index contributed by atoms with van der Waals surface area (Å²) in [7, 11) is 1.83. The number of anilines is 3. The number of alkyl halides is 6. The zero-order valence-electron chi connectivity index (χ0n) is 22.1. The standard InChI is InChI=1S/C24H21F4N7O.C2HF3O2/c1-34-14-30-33-22(34)15-2-4-18(5-3-15)31-23-29-13-20(25)21(32-23)16-10-17(24(26,27)28)12-19(11-16)35-6-8-36-9-7-35;3-2(4,5)1(6)7/h2-5,10-14H,6-9H2,1H3,(H,29,31,32);(H,6,7). The second-order valence-corrected chi connectivity index (χ2v) is 9.03. The first-order valence-corrected chi connectivity index (χ1v) is 12.3. The van der Waals surface area contributed by atoms with Crippen molar-refractivity contribution in [2.24, 2.45) is 7.05 Å². The molecule has 10 nitrogen and oxygen atoms in total. The number of carboxylic acids is 1. The van der Waals surface area contributed by atoms with Crippen molar-refractivity contribution in [2.75, 3.05) is 36.5 Å². The molecule has 5 rings (SSSR count). The monoisotopic (exact) mass is 613 g/mol. The fourth-order valence-electron chi connectivity index (χ4n) is 3.92. The van der Waals surface area contributed by atoms with E-state index in [9.17, 15) is 30.7 Å². The molecule has 1 fully saturated rings. The van der Waals surface area contributed by atoms with Gasteiger partial charge < -0.3 is 24.6 Å². The zero-order valence-corrected chi connectivity index (χ0v) is 22.1. The first-order valence-electron chi connectivity index (χ1n) is 12.3. The summed E-state index contributed by atoms with van der Waals surface area (Å²) < 4.78 is 94.6. The van der Waals surface area contributed by atoms with Crippen molar-refractivity contribution in [2.45, 2.75) is 12.4 Å². The number of carboxylic acid groups (broad SMARTS) is 1. The van der Waals surface area contributed by atoms with E-state index in [0.717, 1.165) is 23.9 Å². The average Bonchev–Trinajstić information content (AvgIpc) is 3.40. The van der Waals surface area contributed by atoms with Gasteiger partial charge in [-0.05, 0) is 42.5 Å². The van der Waals surface area contributed by atoms with Crippen LogP contribution in [0.15, 0.2) is 55.0 Å². The number of benzene rings is 2. The predicted molar refractivity (Wildman–Crippen MR) is 139 cm³/mol. The van der Waals surface area contributed by atoms with Crippen LogP contribution >= 0.6 is 0 Å². The lowest BCUT2D eigenvalue weighted by molar-refractivity contribution is -0.192. The van der Waals surface area contributed by atoms with E-state index in [2.05, 4.69) is 25.5 Å². The fourth-order valence-corrected chi connectivity index (χ4v) is 3.92. The van der Waals surface area contributed by atoms with Crippen molar-refractivity contribution in [3.05, 3.63) is 66.4 Å². The first kappa shape index (κ1) is 31.1. The molecule has 2 aromatic heterocycles. The second-order valence-electron chi connectivity index (χ2n) is 9.03. The van der Waals surface area contributed by atoms with Crippen LogP contribution in [0.4, 0.5) is 48.1 Å². The molecule has 0 atom stereocenters. The average molecular weight is 613 g/mol. The lowest BCUT2D eigenvalue weighted by Crippen LogP contribution is -2.36. The van der Waals surface area contributed by atoms with Crippen LogP contribution in [-0.4, -0.2) is 68.3 Å². The third kappa shape index (κ3) is 7.94. The molecule has 3 heterocycles. The van der Waals surface area contributed by atoms with Gasteiger partial charge >= 0.3 is 18.3 Å². The number of aryl methyl sites for hydroxylation is 1. The number of nitrogens with one attached hydrogen (secondary N) is 1. The molecule has 228 valence electrons. The Labute approximate surface area is 238 Å². The van der Waals surface area contributed by atoms with E-state index in [4.69, 9.17) is 14.6 Å². The topological polar surface area (TPSA) is 118 Å². The Hall–Kier alpha value is -4.80. The van der Waals surface area contributed by atoms with E-state index >= 15 is 0 Å². The molecule has 2 N–H and O–H groups in total. The Balaban J connectivity index is 0.000000541. The van der Waals surface area contributed by atoms with Gasteiger partial charge in [-0.15, -0.1) is 10.2 Å². The van der Waals surface area contributed by atoms with Crippen LogP contribution in [-0.2, 0) is 22.8 Å². The number of hydrogen-bond acceptors (Lipinski definition) is 8. The minimum atomic E-state index is -5.08. The number of aromatic nitrogens is 5. The van der Waals surface area contributed by atoms with E-state index < -0.39 is 29.7 Å². The summed E-state index contributed by atoms with van der Waals surface area (Å²) in [4.78, 5) is 18.8. The Morgan fingerprint density at radius 3 is 2.21 bits per heavy atom. The second kappa shape index (κ2) is 12.6. The van der Waals surface area contributed by atoms with Gasteiger partial charge in [-0.1, -0.05) is 0 Å². The van der Waals surface area contributed by atoms with Gasteiger partial charge in [0.25, 0.3) is 0 Å². The summed E-state index contributed by atoms with van der Waals surface area (Å²) in [6, 6.07) is 10.6. The predicted octanol–water partition coefficient (Wildman–Crippen LogP) is 5.31. The molecule has 0 aliphatic carbocycles. The summed E-state index contributed by atoms with van der Waals surface area (Å²) in [5, 5.41) is 18.0.